The molecule has 5 heteroatoms. The number of piperidine rings is 1. The van der Waals surface area contributed by atoms with Crippen LogP contribution in [0.15, 0.2) is 42.5 Å². The van der Waals surface area contributed by atoms with Gasteiger partial charge in [-0.15, -0.1) is 0 Å². The largest absolute Gasteiger partial charge is 0.370 e. The van der Waals surface area contributed by atoms with Crippen LogP contribution in [0.4, 0.5) is 15.8 Å². The first-order valence-corrected chi connectivity index (χ1v) is 9.84. The Morgan fingerprint density at radius 2 is 1.96 bits per heavy atom. The summed E-state index contributed by atoms with van der Waals surface area (Å²) in [6, 6.07) is 14.5. The second-order valence-electron chi connectivity index (χ2n) is 8.17. The molecule has 2 aromatic rings. The van der Waals surface area contributed by atoms with E-state index in [9.17, 15) is 14.4 Å². The van der Waals surface area contributed by atoms with Crippen LogP contribution in [0.25, 0.3) is 0 Å². The number of carbonyl (C=O) groups excluding carboxylic acids is 1. The monoisotopic (exact) mass is 377 g/mol. The van der Waals surface area contributed by atoms with Crippen molar-refractivity contribution in [3.8, 4) is 6.07 Å². The summed E-state index contributed by atoms with van der Waals surface area (Å²) in [6.45, 7) is 3.61. The maximum absolute atomic E-state index is 13.4. The van der Waals surface area contributed by atoms with Crippen LogP contribution < -0.4 is 10.2 Å². The average molecular weight is 377 g/mol. The van der Waals surface area contributed by atoms with Crippen LogP contribution in [0.3, 0.4) is 0 Å². The Morgan fingerprint density at radius 3 is 2.64 bits per heavy atom. The van der Waals surface area contributed by atoms with Crippen molar-refractivity contribution in [2.75, 3.05) is 23.3 Å². The van der Waals surface area contributed by atoms with Gasteiger partial charge >= 0.3 is 0 Å². The summed E-state index contributed by atoms with van der Waals surface area (Å²) in [7, 11) is 0. The number of nitriles is 1. The first-order chi connectivity index (χ1) is 13.5. The van der Waals surface area contributed by atoms with Crippen molar-refractivity contribution in [3.05, 3.63) is 59.4 Å². The van der Waals surface area contributed by atoms with Gasteiger partial charge in [-0.2, -0.15) is 5.26 Å². The van der Waals surface area contributed by atoms with Crippen LogP contribution in [0.2, 0.25) is 0 Å². The van der Waals surface area contributed by atoms with Crippen LogP contribution in [-0.2, 0) is 10.2 Å². The van der Waals surface area contributed by atoms with E-state index in [4.69, 9.17) is 0 Å². The second-order valence-corrected chi connectivity index (χ2v) is 8.17. The molecule has 1 saturated carbocycles. The Labute approximate surface area is 165 Å². The summed E-state index contributed by atoms with van der Waals surface area (Å²) in [6.07, 6.45) is 3.84. The van der Waals surface area contributed by atoms with Gasteiger partial charge in [0.25, 0.3) is 0 Å². The van der Waals surface area contributed by atoms with E-state index in [-0.39, 0.29) is 17.2 Å². The molecule has 0 radical (unpaired) electrons. The highest BCUT2D eigenvalue weighted by atomic mass is 19.1. The molecule has 0 atom stereocenters. The topological polar surface area (TPSA) is 56.1 Å². The Hall–Kier alpha value is -2.87. The van der Waals surface area contributed by atoms with Gasteiger partial charge in [0.15, 0.2) is 0 Å². The van der Waals surface area contributed by atoms with Gasteiger partial charge in [0.05, 0.1) is 11.3 Å². The van der Waals surface area contributed by atoms with Crippen molar-refractivity contribution in [1.82, 2.24) is 0 Å². The Morgan fingerprint density at radius 1 is 1.21 bits per heavy atom. The first-order valence-electron chi connectivity index (χ1n) is 9.84. The molecular formula is C23H24FN3O. The lowest BCUT2D eigenvalue weighted by Gasteiger charge is -2.33. The Bertz CT molecular complexity index is 937. The molecule has 1 amide bonds. The molecule has 2 aliphatic rings. The zero-order valence-electron chi connectivity index (χ0n) is 16.0. The van der Waals surface area contributed by atoms with Crippen molar-refractivity contribution in [1.29, 1.82) is 5.26 Å². The van der Waals surface area contributed by atoms with Gasteiger partial charge in [-0.3, -0.25) is 4.79 Å². The highest BCUT2D eigenvalue weighted by Gasteiger charge is 2.39. The minimum Gasteiger partial charge on any atom is -0.370 e. The van der Waals surface area contributed by atoms with E-state index < -0.39 is 5.82 Å². The van der Waals surface area contributed by atoms with E-state index in [1.165, 1.54) is 30.5 Å². The fraction of sp³-hybridized carbons (Fsp3) is 0.391. The lowest BCUT2D eigenvalue weighted by Crippen LogP contribution is -2.38. The smallest absolute Gasteiger partial charge is 0.227 e. The van der Waals surface area contributed by atoms with E-state index in [0.29, 0.717) is 31.5 Å². The molecule has 144 valence electrons. The molecular weight excluding hydrogens is 353 g/mol. The summed E-state index contributed by atoms with van der Waals surface area (Å²) in [5.41, 5.74) is 3.52. The van der Waals surface area contributed by atoms with Crippen molar-refractivity contribution in [2.24, 2.45) is 5.92 Å². The van der Waals surface area contributed by atoms with Crippen LogP contribution in [0.5, 0.6) is 0 Å². The van der Waals surface area contributed by atoms with E-state index in [0.717, 1.165) is 11.4 Å². The van der Waals surface area contributed by atoms with E-state index in [1.54, 1.807) is 6.07 Å². The molecule has 1 aliphatic heterocycles. The molecule has 0 bridgehead atoms. The van der Waals surface area contributed by atoms with Crippen LogP contribution in [0, 0.1) is 23.1 Å². The number of hydrogen-bond acceptors (Lipinski definition) is 3. The third-order valence-electron chi connectivity index (χ3n) is 6.11. The number of benzene rings is 2. The maximum atomic E-state index is 13.4. The number of nitrogens with one attached hydrogen (secondary N) is 1. The number of halogens is 1. The number of rotatable bonds is 4. The molecule has 1 aliphatic carbocycles. The molecule has 1 saturated heterocycles. The van der Waals surface area contributed by atoms with Gasteiger partial charge in [-0.25, -0.2) is 4.39 Å². The summed E-state index contributed by atoms with van der Waals surface area (Å²) in [4.78, 5) is 14.8. The lowest BCUT2D eigenvalue weighted by atomic mass is 9.94. The molecule has 0 spiro atoms. The number of carbonyl (C=O) groups is 1. The zero-order chi connectivity index (χ0) is 19.7. The van der Waals surface area contributed by atoms with Gasteiger partial charge in [0.1, 0.15) is 11.9 Å². The SMILES string of the molecule is CC1(c2cccc(NC(=O)C3CCN(c4ccc(F)cc4C#N)CC3)c2)CC1. The van der Waals surface area contributed by atoms with Crippen LogP contribution >= 0.6 is 0 Å². The standard InChI is InChI=1S/C23H24FN3O/c1-23(9-10-23)18-3-2-4-20(14-18)26-22(28)16-7-11-27(12-8-16)21-6-5-19(24)13-17(21)15-25/h2-6,13-14,16H,7-12H2,1H3,(H,26,28). The van der Waals surface area contributed by atoms with Gasteiger partial charge in [0.2, 0.25) is 5.91 Å². The van der Waals surface area contributed by atoms with Crippen molar-refractivity contribution in [2.45, 2.75) is 38.0 Å². The molecule has 2 fully saturated rings. The number of anilines is 2. The summed E-state index contributed by atoms with van der Waals surface area (Å²) >= 11 is 0. The highest BCUT2D eigenvalue weighted by molar-refractivity contribution is 5.92. The predicted molar refractivity (Wildman–Crippen MR) is 108 cm³/mol. The van der Waals surface area contributed by atoms with E-state index in [1.807, 2.05) is 12.1 Å². The third-order valence-corrected chi connectivity index (χ3v) is 6.11. The lowest BCUT2D eigenvalue weighted by molar-refractivity contribution is -0.120. The molecule has 1 N–H and O–H groups in total. The predicted octanol–water partition coefficient (Wildman–Crippen LogP) is 4.60. The minimum atomic E-state index is -0.406. The molecule has 0 unspecified atom stereocenters. The zero-order valence-corrected chi connectivity index (χ0v) is 16.0. The number of nitrogens with zero attached hydrogens (tertiary/aromatic N) is 2. The maximum Gasteiger partial charge on any atom is 0.227 e. The third kappa shape index (κ3) is 3.73. The quantitative estimate of drug-likeness (QED) is 0.847. The van der Waals surface area contributed by atoms with Crippen LogP contribution in [0.1, 0.15) is 43.7 Å². The highest BCUT2D eigenvalue weighted by Crippen LogP contribution is 2.48. The summed E-state index contributed by atoms with van der Waals surface area (Å²) in [5, 5.41) is 12.3. The van der Waals surface area contributed by atoms with E-state index >= 15 is 0 Å². The number of amides is 1. The molecule has 4 nitrogen and oxygen atoms in total. The van der Waals surface area contributed by atoms with Crippen LogP contribution in [-0.4, -0.2) is 19.0 Å². The number of hydrogen-bond donors (Lipinski definition) is 1. The summed E-state index contributed by atoms with van der Waals surface area (Å²) < 4.78 is 13.4. The second kappa shape index (κ2) is 7.27. The average Bonchev–Trinajstić information content (AvgIpc) is 3.47. The van der Waals surface area contributed by atoms with Gasteiger partial charge < -0.3 is 10.2 Å². The fourth-order valence-corrected chi connectivity index (χ4v) is 3.95. The minimum absolute atomic E-state index is 0.0531. The van der Waals surface area contributed by atoms with E-state index in [2.05, 4.69) is 35.3 Å². The molecule has 2 aromatic carbocycles. The molecule has 1 heterocycles. The Balaban J connectivity index is 1.38. The first kappa shape index (κ1) is 18.5. The summed E-state index contributed by atoms with van der Waals surface area (Å²) in [5.74, 6) is -0.406. The molecule has 4 rings (SSSR count). The van der Waals surface area contributed by atoms with Gasteiger partial charge in [0, 0.05) is 24.7 Å². The van der Waals surface area contributed by atoms with Crippen molar-refractivity contribution < 1.29 is 9.18 Å². The fourth-order valence-electron chi connectivity index (χ4n) is 3.95. The molecule has 0 aromatic heterocycles. The Kier molecular flexibility index (Phi) is 4.80. The molecule has 28 heavy (non-hydrogen) atoms. The van der Waals surface area contributed by atoms with Crippen molar-refractivity contribution >= 4 is 17.3 Å². The van der Waals surface area contributed by atoms with Gasteiger partial charge in [-0.05, 0) is 67.0 Å². The van der Waals surface area contributed by atoms with Crippen molar-refractivity contribution in [3.63, 3.8) is 0 Å². The van der Waals surface area contributed by atoms with Gasteiger partial charge in [-0.1, -0.05) is 19.1 Å². The normalized spacial score (nSPS) is 18.4.